The summed E-state index contributed by atoms with van der Waals surface area (Å²) in [5.74, 6) is 0. The second-order valence-electron chi connectivity index (χ2n) is 9.94. The zero-order valence-corrected chi connectivity index (χ0v) is 19.9. The number of hydrogen-bond donors (Lipinski definition) is 0. The third-order valence-corrected chi connectivity index (χ3v) is 7.39. The molecule has 0 saturated heterocycles. The topological polar surface area (TPSA) is 26.0 Å². The molecule has 0 radical (unpaired) electrons. The number of aromatic nitrogens is 1. The smallest absolute Gasteiger partial charge is 0.158 e. The summed E-state index contributed by atoms with van der Waals surface area (Å²) in [6.45, 7) is 24.5. The Hall–Kier alpha value is -2.35. The second-order valence-corrected chi connectivity index (χ2v) is 9.94. The maximum absolute atomic E-state index is 6.67. The highest BCUT2D eigenvalue weighted by atomic mass is 16.3. The second kappa shape index (κ2) is 6.08. The quantitative estimate of drug-likeness (QED) is 0.306. The zero-order chi connectivity index (χ0) is 21.6. The van der Waals surface area contributed by atoms with Gasteiger partial charge in [0.2, 0.25) is 0 Å². The molecule has 2 heteroatoms. The molecule has 4 aromatic rings. The van der Waals surface area contributed by atoms with Gasteiger partial charge in [-0.25, -0.2) is 4.98 Å². The fourth-order valence-corrected chi connectivity index (χ4v) is 4.91. The zero-order valence-electron chi connectivity index (χ0n) is 19.9. The first kappa shape index (κ1) is 19.9. The van der Waals surface area contributed by atoms with Gasteiger partial charge in [-0.05, 0) is 105 Å². The summed E-state index contributed by atoms with van der Waals surface area (Å²) in [4.78, 5) is 5.28. The van der Waals surface area contributed by atoms with Crippen LogP contribution in [0.15, 0.2) is 4.42 Å². The van der Waals surface area contributed by atoms with Gasteiger partial charge < -0.3 is 4.42 Å². The number of hydrogen-bond acceptors (Lipinski definition) is 2. The molecule has 4 rings (SSSR count). The van der Waals surface area contributed by atoms with E-state index in [-0.39, 0.29) is 5.41 Å². The van der Waals surface area contributed by atoms with Crippen LogP contribution in [0.1, 0.15) is 70.8 Å². The lowest BCUT2D eigenvalue weighted by atomic mass is 9.80. The van der Waals surface area contributed by atoms with Crippen molar-refractivity contribution in [1.82, 2.24) is 4.98 Å². The van der Waals surface area contributed by atoms with Gasteiger partial charge in [0.05, 0.1) is 10.9 Å². The molecule has 152 valence electrons. The standard InChI is InChI=1S/C27H33NO/c1-12-14(3)18(7)23-20(16(12)5)22(27(9,10)11)26-24(28-23)21-17(6)13(2)15(4)19(8)25(21)29-26/h1-11H3. The molecule has 0 bridgehead atoms. The van der Waals surface area contributed by atoms with Crippen LogP contribution in [0.3, 0.4) is 0 Å². The fraction of sp³-hybridized carbons (Fsp3) is 0.444. The van der Waals surface area contributed by atoms with Crippen molar-refractivity contribution in [3.05, 3.63) is 50.1 Å². The Morgan fingerprint density at radius 1 is 0.517 bits per heavy atom. The van der Waals surface area contributed by atoms with Crippen molar-refractivity contribution in [2.75, 3.05) is 0 Å². The Morgan fingerprint density at radius 2 is 1.00 bits per heavy atom. The van der Waals surface area contributed by atoms with E-state index in [1.54, 1.807) is 0 Å². The highest BCUT2D eigenvalue weighted by Crippen LogP contribution is 2.44. The summed E-state index contributed by atoms with van der Waals surface area (Å²) in [6.07, 6.45) is 0. The average Bonchev–Trinajstić information content (AvgIpc) is 3.04. The highest BCUT2D eigenvalue weighted by Gasteiger charge is 2.29. The minimum absolute atomic E-state index is 0.0574. The summed E-state index contributed by atoms with van der Waals surface area (Å²) < 4.78 is 6.67. The van der Waals surface area contributed by atoms with Gasteiger partial charge in [-0.15, -0.1) is 0 Å². The molecule has 0 N–H and O–H groups in total. The molecule has 29 heavy (non-hydrogen) atoms. The van der Waals surface area contributed by atoms with Crippen molar-refractivity contribution < 1.29 is 4.42 Å². The maximum Gasteiger partial charge on any atom is 0.158 e. The van der Waals surface area contributed by atoms with Gasteiger partial charge in [0.25, 0.3) is 0 Å². The lowest BCUT2D eigenvalue weighted by molar-refractivity contribution is 0.576. The molecule has 0 aliphatic carbocycles. The fourth-order valence-electron chi connectivity index (χ4n) is 4.91. The molecule has 0 unspecified atom stereocenters. The number of aryl methyl sites for hydroxylation is 4. The monoisotopic (exact) mass is 387 g/mol. The van der Waals surface area contributed by atoms with Crippen LogP contribution in [0.4, 0.5) is 0 Å². The largest absolute Gasteiger partial charge is 0.454 e. The van der Waals surface area contributed by atoms with E-state index >= 15 is 0 Å². The molecule has 0 atom stereocenters. The highest BCUT2D eigenvalue weighted by molar-refractivity contribution is 6.12. The minimum atomic E-state index is -0.0574. The van der Waals surface area contributed by atoms with Crippen molar-refractivity contribution >= 4 is 33.0 Å². The summed E-state index contributed by atoms with van der Waals surface area (Å²) in [6, 6.07) is 0. The average molecular weight is 388 g/mol. The van der Waals surface area contributed by atoms with Crippen LogP contribution in [-0.2, 0) is 5.41 Å². The number of rotatable bonds is 0. The Morgan fingerprint density at radius 3 is 1.55 bits per heavy atom. The van der Waals surface area contributed by atoms with Crippen molar-refractivity contribution in [2.24, 2.45) is 0 Å². The van der Waals surface area contributed by atoms with Gasteiger partial charge in [-0.3, -0.25) is 0 Å². The van der Waals surface area contributed by atoms with Crippen LogP contribution >= 0.6 is 0 Å². The summed E-state index contributed by atoms with van der Waals surface area (Å²) in [7, 11) is 0. The van der Waals surface area contributed by atoms with E-state index < -0.39 is 0 Å². The predicted octanol–water partition coefficient (Wildman–Crippen LogP) is 7.90. The van der Waals surface area contributed by atoms with Gasteiger partial charge in [0, 0.05) is 10.9 Å². The third kappa shape index (κ3) is 2.51. The van der Waals surface area contributed by atoms with E-state index in [1.807, 2.05) is 0 Å². The molecule has 2 heterocycles. The van der Waals surface area contributed by atoms with Gasteiger partial charge in [0.1, 0.15) is 11.1 Å². The molecule has 0 aliphatic heterocycles. The molecule has 2 aromatic carbocycles. The Kier molecular flexibility index (Phi) is 4.18. The van der Waals surface area contributed by atoms with Crippen LogP contribution < -0.4 is 0 Å². The van der Waals surface area contributed by atoms with E-state index in [1.165, 1.54) is 60.8 Å². The molecule has 0 fully saturated rings. The Bertz CT molecular complexity index is 1340. The number of nitrogens with zero attached hydrogens (tertiary/aromatic N) is 1. The van der Waals surface area contributed by atoms with Crippen LogP contribution in [0.25, 0.3) is 33.0 Å². The molecule has 0 aliphatic rings. The van der Waals surface area contributed by atoms with E-state index in [2.05, 4.69) is 76.2 Å². The Labute approximate surface area is 174 Å². The lowest BCUT2D eigenvalue weighted by Crippen LogP contribution is -2.14. The number of pyridine rings is 1. The summed E-state index contributed by atoms with van der Waals surface area (Å²) in [5, 5.41) is 2.46. The molecule has 0 spiro atoms. The van der Waals surface area contributed by atoms with Crippen LogP contribution in [0.2, 0.25) is 0 Å². The van der Waals surface area contributed by atoms with Gasteiger partial charge in [0.15, 0.2) is 5.58 Å². The van der Waals surface area contributed by atoms with Gasteiger partial charge in [-0.2, -0.15) is 0 Å². The summed E-state index contributed by atoms with van der Waals surface area (Å²) >= 11 is 0. The van der Waals surface area contributed by atoms with Gasteiger partial charge >= 0.3 is 0 Å². The summed E-state index contributed by atoms with van der Waals surface area (Å²) in [5.41, 5.74) is 15.8. The van der Waals surface area contributed by atoms with Crippen LogP contribution in [0.5, 0.6) is 0 Å². The molecule has 2 nitrogen and oxygen atoms in total. The van der Waals surface area contributed by atoms with Crippen molar-refractivity contribution in [1.29, 1.82) is 0 Å². The van der Waals surface area contributed by atoms with Crippen molar-refractivity contribution in [2.45, 2.75) is 81.6 Å². The lowest BCUT2D eigenvalue weighted by Gasteiger charge is -2.24. The first-order valence-corrected chi connectivity index (χ1v) is 10.6. The van der Waals surface area contributed by atoms with E-state index in [9.17, 15) is 0 Å². The van der Waals surface area contributed by atoms with Crippen LogP contribution in [0, 0.1) is 55.4 Å². The van der Waals surface area contributed by atoms with Gasteiger partial charge in [-0.1, -0.05) is 20.8 Å². The molecule has 0 amide bonds. The minimum Gasteiger partial charge on any atom is -0.454 e. The normalized spacial score (nSPS) is 12.7. The van der Waals surface area contributed by atoms with E-state index in [0.29, 0.717) is 0 Å². The molecule has 2 aromatic heterocycles. The van der Waals surface area contributed by atoms with E-state index in [0.717, 1.165) is 22.2 Å². The maximum atomic E-state index is 6.67. The number of furan rings is 1. The SMILES string of the molecule is Cc1c(C)c(C)c2c(C(C)(C)C)c3oc4c(C)c(C)c(C)c(C)c4c3nc2c1C. The first-order valence-electron chi connectivity index (χ1n) is 10.6. The number of fused-ring (bicyclic) bond motifs is 4. The van der Waals surface area contributed by atoms with Crippen molar-refractivity contribution in [3.8, 4) is 0 Å². The first-order chi connectivity index (χ1) is 13.4. The Balaban J connectivity index is 2.44. The van der Waals surface area contributed by atoms with Crippen molar-refractivity contribution in [3.63, 3.8) is 0 Å². The third-order valence-electron chi connectivity index (χ3n) is 7.39. The number of benzene rings is 2. The van der Waals surface area contributed by atoms with E-state index in [4.69, 9.17) is 9.40 Å². The predicted molar refractivity (Wildman–Crippen MR) is 126 cm³/mol. The molecular formula is C27H33NO. The van der Waals surface area contributed by atoms with Crippen LogP contribution in [-0.4, -0.2) is 4.98 Å². The molecule has 0 saturated carbocycles. The molecular weight excluding hydrogens is 354 g/mol.